The monoisotopic (exact) mass is 395 g/mol. The number of thioether (sulfide) groups is 1. The van der Waals surface area contributed by atoms with Crippen LogP contribution in [0.15, 0.2) is 35.5 Å². The Morgan fingerprint density at radius 1 is 1.33 bits per heavy atom. The van der Waals surface area contributed by atoms with E-state index in [1.165, 1.54) is 28.0 Å². The second kappa shape index (κ2) is 7.55. The molecule has 0 atom stereocenters. The van der Waals surface area contributed by atoms with Gasteiger partial charge < -0.3 is 9.88 Å². The molecule has 0 bridgehead atoms. The average molecular weight is 396 g/mol. The molecule has 0 radical (unpaired) electrons. The first kappa shape index (κ1) is 17.8. The van der Waals surface area contributed by atoms with Crippen molar-refractivity contribution in [2.75, 3.05) is 11.1 Å². The third kappa shape index (κ3) is 3.48. The van der Waals surface area contributed by atoms with Crippen LogP contribution in [-0.4, -0.2) is 26.4 Å². The molecule has 1 aliphatic rings. The third-order valence-electron chi connectivity index (χ3n) is 4.49. The summed E-state index contributed by atoms with van der Waals surface area (Å²) < 4.78 is 1.88. The lowest BCUT2D eigenvalue weighted by Gasteiger charge is -2.05. The van der Waals surface area contributed by atoms with Crippen molar-refractivity contribution in [1.29, 1.82) is 5.26 Å². The number of benzene rings is 1. The molecule has 8 heteroatoms. The molecule has 2 aromatic heterocycles. The first-order valence-corrected chi connectivity index (χ1v) is 10.4. The van der Waals surface area contributed by atoms with Crippen LogP contribution in [0.5, 0.6) is 0 Å². The summed E-state index contributed by atoms with van der Waals surface area (Å²) in [6.07, 6.45) is 3.02. The summed E-state index contributed by atoms with van der Waals surface area (Å²) in [7, 11) is 1.89. The fraction of sp³-hybridized carbons (Fsp3) is 0.263. The van der Waals surface area contributed by atoms with E-state index in [4.69, 9.17) is 0 Å². The van der Waals surface area contributed by atoms with Gasteiger partial charge in [0.2, 0.25) is 5.91 Å². The van der Waals surface area contributed by atoms with Gasteiger partial charge in [0, 0.05) is 17.5 Å². The smallest absolute Gasteiger partial charge is 0.235 e. The van der Waals surface area contributed by atoms with Gasteiger partial charge in [-0.25, -0.2) is 0 Å². The molecule has 3 aromatic rings. The van der Waals surface area contributed by atoms with Gasteiger partial charge >= 0.3 is 0 Å². The number of thiophene rings is 1. The number of aryl methyl sites for hydroxylation is 1. The quantitative estimate of drug-likeness (QED) is 0.667. The lowest BCUT2D eigenvalue weighted by Crippen LogP contribution is -2.14. The van der Waals surface area contributed by atoms with Gasteiger partial charge in [0.15, 0.2) is 11.0 Å². The Morgan fingerprint density at radius 2 is 2.15 bits per heavy atom. The molecule has 6 nitrogen and oxygen atoms in total. The summed E-state index contributed by atoms with van der Waals surface area (Å²) in [5.74, 6) is 0.842. The van der Waals surface area contributed by atoms with E-state index in [0.29, 0.717) is 15.7 Å². The summed E-state index contributed by atoms with van der Waals surface area (Å²) >= 11 is 2.86. The number of nitriles is 1. The molecule has 0 saturated heterocycles. The highest BCUT2D eigenvalue weighted by Crippen LogP contribution is 2.38. The number of carbonyl (C=O) groups excluding carboxylic acids is 1. The Morgan fingerprint density at radius 3 is 2.93 bits per heavy atom. The fourth-order valence-electron chi connectivity index (χ4n) is 3.18. The number of carbonyl (C=O) groups is 1. The van der Waals surface area contributed by atoms with Gasteiger partial charge in [-0.1, -0.05) is 42.1 Å². The van der Waals surface area contributed by atoms with Crippen LogP contribution in [0, 0.1) is 11.3 Å². The van der Waals surface area contributed by atoms with Gasteiger partial charge in [-0.05, 0) is 24.8 Å². The minimum atomic E-state index is -0.138. The van der Waals surface area contributed by atoms with Crippen LogP contribution in [-0.2, 0) is 24.7 Å². The number of rotatable bonds is 5. The van der Waals surface area contributed by atoms with Gasteiger partial charge in [0.1, 0.15) is 11.1 Å². The molecule has 136 valence electrons. The SMILES string of the molecule is Cn1c(SCC(=O)Nc2sc3c(c2C#N)CCC3)nnc1-c1ccccc1. The molecule has 0 unspecified atom stereocenters. The van der Waals surface area contributed by atoms with Gasteiger partial charge in [-0.2, -0.15) is 5.26 Å². The second-order valence-electron chi connectivity index (χ2n) is 6.24. The van der Waals surface area contributed by atoms with Crippen LogP contribution in [0.25, 0.3) is 11.4 Å². The van der Waals surface area contributed by atoms with Gasteiger partial charge in [-0.15, -0.1) is 21.5 Å². The molecular formula is C19H17N5OS2. The van der Waals surface area contributed by atoms with Crippen molar-refractivity contribution in [2.24, 2.45) is 7.05 Å². The van der Waals surface area contributed by atoms with Crippen molar-refractivity contribution < 1.29 is 4.79 Å². The standard InChI is InChI=1S/C19H17N5OS2/c1-24-17(12-6-3-2-4-7-12)22-23-19(24)26-11-16(25)21-18-14(10-20)13-8-5-9-15(13)27-18/h2-4,6-7H,5,8-9,11H2,1H3,(H,21,25). The molecule has 0 aliphatic heterocycles. The van der Waals surface area contributed by atoms with E-state index in [1.54, 1.807) is 0 Å². The number of aromatic nitrogens is 3. The lowest BCUT2D eigenvalue weighted by molar-refractivity contribution is -0.113. The van der Waals surface area contributed by atoms with E-state index in [2.05, 4.69) is 21.6 Å². The number of nitrogens with zero attached hydrogens (tertiary/aromatic N) is 4. The van der Waals surface area contributed by atoms with Crippen LogP contribution in [0.2, 0.25) is 0 Å². The molecule has 27 heavy (non-hydrogen) atoms. The number of hydrogen-bond donors (Lipinski definition) is 1. The van der Waals surface area contributed by atoms with E-state index >= 15 is 0 Å². The molecule has 2 heterocycles. The zero-order chi connectivity index (χ0) is 18.8. The Balaban J connectivity index is 1.42. The van der Waals surface area contributed by atoms with Crippen LogP contribution in [0.1, 0.15) is 22.4 Å². The summed E-state index contributed by atoms with van der Waals surface area (Å²) in [6, 6.07) is 12.1. The molecular weight excluding hydrogens is 378 g/mol. The molecule has 1 aromatic carbocycles. The maximum absolute atomic E-state index is 12.4. The van der Waals surface area contributed by atoms with Crippen molar-refractivity contribution in [3.05, 3.63) is 46.3 Å². The Bertz CT molecular complexity index is 1030. The highest BCUT2D eigenvalue weighted by atomic mass is 32.2. The van der Waals surface area contributed by atoms with Crippen molar-refractivity contribution >= 4 is 34.0 Å². The predicted octanol–water partition coefficient (Wildman–Crippen LogP) is 3.63. The van der Waals surface area contributed by atoms with Crippen LogP contribution >= 0.6 is 23.1 Å². The molecule has 4 rings (SSSR count). The van der Waals surface area contributed by atoms with Crippen molar-refractivity contribution in [3.8, 4) is 17.5 Å². The summed E-state index contributed by atoms with van der Waals surface area (Å²) in [6.45, 7) is 0. The number of hydrogen-bond acceptors (Lipinski definition) is 6. The van der Waals surface area contributed by atoms with Gasteiger partial charge in [0.05, 0.1) is 11.3 Å². The maximum atomic E-state index is 12.4. The van der Waals surface area contributed by atoms with E-state index in [0.717, 1.165) is 36.2 Å². The summed E-state index contributed by atoms with van der Waals surface area (Å²) in [5.41, 5.74) is 2.73. The molecule has 0 saturated carbocycles. The Labute approximate surface area is 165 Å². The van der Waals surface area contributed by atoms with Crippen LogP contribution in [0.3, 0.4) is 0 Å². The van der Waals surface area contributed by atoms with E-state index in [1.807, 2.05) is 41.9 Å². The third-order valence-corrected chi connectivity index (χ3v) is 6.71. The Kier molecular flexibility index (Phi) is 4.97. The van der Waals surface area contributed by atoms with Crippen molar-refractivity contribution in [2.45, 2.75) is 24.4 Å². The average Bonchev–Trinajstić information content (AvgIpc) is 3.35. The molecule has 1 aliphatic carbocycles. The first-order valence-electron chi connectivity index (χ1n) is 8.59. The van der Waals surface area contributed by atoms with Gasteiger partial charge in [-0.3, -0.25) is 4.79 Å². The molecule has 0 spiro atoms. The number of nitrogens with one attached hydrogen (secondary N) is 1. The number of amides is 1. The largest absolute Gasteiger partial charge is 0.316 e. The minimum absolute atomic E-state index is 0.138. The van der Waals surface area contributed by atoms with Crippen LogP contribution in [0.4, 0.5) is 5.00 Å². The molecule has 0 fully saturated rings. The lowest BCUT2D eigenvalue weighted by atomic mass is 10.1. The normalized spacial score (nSPS) is 12.6. The zero-order valence-electron chi connectivity index (χ0n) is 14.7. The second-order valence-corrected chi connectivity index (χ2v) is 8.29. The predicted molar refractivity (Wildman–Crippen MR) is 107 cm³/mol. The number of anilines is 1. The molecule has 1 N–H and O–H groups in total. The summed E-state index contributed by atoms with van der Waals surface area (Å²) in [5, 5.41) is 22.1. The zero-order valence-corrected chi connectivity index (χ0v) is 16.4. The highest BCUT2D eigenvalue weighted by molar-refractivity contribution is 7.99. The van der Waals surface area contributed by atoms with E-state index in [-0.39, 0.29) is 11.7 Å². The van der Waals surface area contributed by atoms with Gasteiger partial charge in [0.25, 0.3) is 0 Å². The molecule has 1 amide bonds. The minimum Gasteiger partial charge on any atom is -0.316 e. The van der Waals surface area contributed by atoms with Crippen molar-refractivity contribution in [3.63, 3.8) is 0 Å². The maximum Gasteiger partial charge on any atom is 0.235 e. The fourth-order valence-corrected chi connectivity index (χ4v) is 5.15. The topological polar surface area (TPSA) is 83.6 Å². The van der Waals surface area contributed by atoms with Crippen LogP contribution < -0.4 is 5.32 Å². The Hall–Kier alpha value is -2.63. The summed E-state index contributed by atoms with van der Waals surface area (Å²) in [4.78, 5) is 13.6. The van der Waals surface area contributed by atoms with Crippen molar-refractivity contribution in [1.82, 2.24) is 14.8 Å². The first-order chi connectivity index (χ1) is 13.2. The van der Waals surface area contributed by atoms with E-state index in [9.17, 15) is 10.1 Å². The number of fused-ring (bicyclic) bond motifs is 1. The highest BCUT2D eigenvalue weighted by Gasteiger charge is 2.23. The van der Waals surface area contributed by atoms with E-state index < -0.39 is 0 Å².